The molecule has 1 amide bonds. The van der Waals surface area contributed by atoms with Crippen LogP contribution in [-0.2, 0) is 20.9 Å². The van der Waals surface area contributed by atoms with E-state index in [-0.39, 0.29) is 18.4 Å². The van der Waals surface area contributed by atoms with Crippen LogP contribution < -0.4 is 10.6 Å². The van der Waals surface area contributed by atoms with E-state index in [9.17, 15) is 9.59 Å². The molecule has 2 rings (SSSR count). The minimum absolute atomic E-state index is 0.00405. The van der Waals surface area contributed by atoms with E-state index in [1.807, 2.05) is 30.3 Å². The summed E-state index contributed by atoms with van der Waals surface area (Å²) >= 11 is 0. The largest absolute Gasteiger partial charge is 0.459 e. The number of esters is 1. The summed E-state index contributed by atoms with van der Waals surface area (Å²) in [5, 5.41) is 5.96. The van der Waals surface area contributed by atoms with Crippen molar-refractivity contribution in [3.05, 3.63) is 35.9 Å². The highest BCUT2D eigenvalue weighted by atomic mass is 16.5. The molecule has 1 saturated heterocycles. The summed E-state index contributed by atoms with van der Waals surface area (Å²) in [5.74, 6) is -0.461. The van der Waals surface area contributed by atoms with Gasteiger partial charge in [0.1, 0.15) is 12.6 Å². The lowest BCUT2D eigenvalue weighted by molar-refractivity contribution is -0.149. The Hall–Kier alpha value is -1.88. The molecule has 1 aromatic carbocycles. The number of nitrogens with one attached hydrogen (secondary N) is 2. The first-order valence-electron chi connectivity index (χ1n) is 7.38. The molecule has 114 valence electrons. The Kier molecular flexibility index (Phi) is 5.75. The Morgan fingerprint density at radius 2 is 1.95 bits per heavy atom. The topological polar surface area (TPSA) is 67.4 Å². The molecule has 0 spiro atoms. The van der Waals surface area contributed by atoms with Crippen molar-refractivity contribution in [2.24, 2.45) is 5.92 Å². The number of ether oxygens (including phenoxy) is 1. The van der Waals surface area contributed by atoms with E-state index < -0.39 is 12.0 Å². The zero-order chi connectivity index (χ0) is 15.1. The van der Waals surface area contributed by atoms with Crippen LogP contribution in [0.25, 0.3) is 0 Å². The van der Waals surface area contributed by atoms with Gasteiger partial charge in [0.15, 0.2) is 0 Å². The number of amides is 1. The average molecular weight is 290 g/mol. The highest BCUT2D eigenvalue weighted by molar-refractivity contribution is 5.85. The van der Waals surface area contributed by atoms with Crippen LogP contribution in [0.1, 0.15) is 25.3 Å². The molecule has 21 heavy (non-hydrogen) atoms. The van der Waals surface area contributed by atoms with Crippen molar-refractivity contribution in [1.29, 1.82) is 0 Å². The molecule has 1 aliphatic rings. The molecule has 0 saturated carbocycles. The first-order chi connectivity index (χ1) is 10.2. The monoisotopic (exact) mass is 290 g/mol. The molecule has 0 aliphatic carbocycles. The minimum atomic E-state index is -0.615. The maximum Gasteiger partial charge on any atom is 0.328 e. The predicted molar refractivity (Wildman–Crippen MR) is 79.4 cm³/mol. The molecule has 1 heterocycles. The summed E-state index contributed by atoms with van der Waals surface area (Å²) in [4.78, 5) is 23.9. The molecule has 0 radical (unpaired) electrons. The van der Waals surface area contributed by atoms with E-state index in [2.05, 4.69) is 10.6 Å². The van der Waals surface area contributed by atoms with E-state index >= 15 is 0 Å². The summed E-state index contributed by atoms with van der Waals surface area (Å²) in [5.41, 5.74) is 0.933. The Balaban J connectivity index is 1.75. The first-order valence-corrected chi connectivity index (χ1v) is 7.38. The number of carbonyl (C=O) groups is 2. The fourth-order valence-corrected chi connectivity index (χ4v) is 2.33. The normalized spacial score (nSPS) is 17.0. The number of piperidine rings is 1. The van der Waals surface area contributed by atoms with E-state index in [0.717, 1.165) is 31.5 Å². The summed E-state index contributed by atoms with van der Waals surface area (Å²) in [6.07, 6.45) is 1.63. The summed E-state index contributed by atoms with van der Waals surface area (Å²) in [6.45, 7) is 3.59. The molecule has 5 heteroatoms. The van der Waals surface area contributed by atoms with Crippen molar-refractivity contribution in [1.82, 2.24) is 10.6 Å². The second-order valence-corrected chi connectivity index (χ2v) is 5.35. The molecule has 1 unspecified atom stereocenters. The number of hydrogen-bond donors (Lipinski definition) is 2. The van der Waals surface area contributed by atoms with Gasteiger partial charge in [0.2, 0.25) is 5.91 Å². The van der Waals surface area contributed by atoms with Crippen molar-refractivity contribution in [3.8, 4) is 0 Å². The molecule has 0 aromatic heterocycles. The van der Waals surface area contributed by atoms with E-state index in [0.29, 0.717) is 0 Å². The molecule has 1 aromatic rings. The number of benzene rings is 1. The Labute approximate surface area is 125 Å². The van der Waals surface area contributed by atoms with Gasteiger partial charge in [-0.1, -0.05) is 30.3 Å². The van der Waals surface area contributed by atoms with Crippen LogP contribution in [0, 0.1) is 5.92 Å². The predicted octanol–water partition coefficient (Wildman–Crippen LogP) is 1.23. The van der Waals surface area contributed by atoms with Gasteiger partial charge in [0.05, 0.1) is 0 Å². The second-order valence-electron chi connectivity index (χ2n) is 5.35. The van der Waals surface area contributed by atoms with Crippen LogP contribution in [0.3, 0.4) is 0 Å². The van der Waals surface area contributed by atoms with Crippen LogP contribution in [0.4, 0.5) is 0 Å². The average Bonchev–Trinajstić information content (AvgIpc) is 2.54. The maximum atomic E-state index is 12.0. The van der Waals surface area contributed by atoms with E-state index in [4.69, 9.17) is 4.74 Å². The van der Waals surface area contributed by atoms with Crippen LogP contribution in [-0.4, -0.2) is 31.0 Å². The molecular weight excluding hydrogens is 268 g/mol. The Morgan fingerprint density at radius 3 is 2.62 bits per heavy atom. The minimum Gasteiger partial charge on any atom is -0.459 e. The highest BCUT2D eigenvalue weighted by Gasteiger charge is 2.24. The molecule has 1 aliphatic heterocycles. The highest BCUT2D eigenvalue weighted by Crippen LogP contribution is 2.12. The lowest BCUT2D eigenvalue weighted by Crippen LogP contribution is -2.45. The third kappa shape index (κ3) is 4.86. The Bertz CT molecular complexity index is 470. The molecule has 0 bridgehead atoms. The van der Waals surface area contributed by atoms with Gasteiger partial charge in [-0.2, -0.15) is 0 Å². The quantitative estimate of drug-likeness (QED) is 0.801. The standard InChI is InChI=1S/C16H22N2O3/c1-12(18-15(19)14-7-9-17-10-8-14)16(20)21-11-13-5-3-2-4-6-13/h2-6,12,14,17H,7-11H2,1H3,(H,18,19). The van der Waals surface area contributed by atoms with Gasteiger partial charge in [0.25, 0.3) is 0 Å². The van der Waals surface area contributed by atoms with Gasteiger partial charge in [-0.05, 0) is 38.4 Å². The maximum absolute atomic E-state index is 12.0. The van der Waals surface area contributed by atoms with Crippen molar-refractivity contribution < 1.29 is 14.3 Å². The number of rotatable bonds is 5. The van der Waals surface area contributed by atoms with Gasteiger partial charge < -0.3 is 15.4 Å². The van der Waals surface area contributed by atoms with Crippen LogP contribution in [0.15, 0.2) is 30.3 Å². The summed E-state index contributed by atoms with van der Waals surface area (Å²) < 4.78 is 5.21. The van der Waals surface area contributed by atoms with E-state index in [1.54, 1.807) is 6.92 Å². The van der Waals surface area contributed by atoms with Crippen LogP contribution >= 0.6 is 0 Å². The smallest absolute Gasteiger partial charge is 0.328 e. The summed E-state index contributed by atoms with van der Waals surface area (Å²) in [7, 11) is 0. The van der Waals surface area contributed by atoms with Gasteiger partial charge in [-0.25, -0.2) is 4.79 Å². The second kappa shape index (κ2) is 7.78. The van der Waals surface area contributed by atoms with Crippen molar-refractivity contribution in [2.75, 3.05) is 13.1 Å². The lowest BCUT2D eigenvalue weighted by atomic mass is 9.97. The zero-order valence-electron chi connectivity index (χ0n) is 12.3. The van der Waals surface area contributed by atoms with Crippen molar-refractivity contribution >= 4 is 11.9 Å². The third-order valence-electron chi connectivity index (χ3n) is 3.65. The van der Waals surface area contributed by atoms with Crippen LogP contribution in [0.2, 0.25) is 0 Å². The zero-order valence-corrected chi connectivity index (χ0v) is 12.3. The van der Waals surface area contributed by atoms with Gasteiger partial charge in [-0.15, -0.1) is 0 Å². The van der Waals surface area contributed by atoms with Gasteiger partial charge >= 0.3 is 5.97 Å². The Morgan fingerprint density at radius 1 is 1.29 bits per heavy atom. The van der Waals surface area contributed by atoms with E-state index in [1.165, 1.54) is 0 Å². The first kappa shape index (κ1) is 15.5. The van der Waals surface area contributed by atoms with Gasteiger partial charge in [0, 0.05) is 5.92 Å². The molecule has 2 N–H and O–H groups in total. The third-order valence-corrected chi connectivity index (χ3v) is 3.65. The molecular formula is C16H22N2O3. The molecule has 1 atom stereocenters. The lowest BCUT2D eigenvalue weighted by Gasteiger charge is -2.23. The fraction of sp³-hybridized carbons (Fsp3) is 0.500. The summed E-state index contributed by atoms with van der Waals surface area (Å²) in [6, 6.07) is 8.87. The molecule has 1 fully saturated rings. The number of carbonyl (C=O) groups excluding carboxylic acids is 2. The number of hydrogen-bond acceptors (Lipinski definition) is 4. The molecule has 5 nitrogen and oxygen atoms in total. The van der Waals surface area contributed by atoms with Crippen LogP contribution in [0.5, 0.6) is 0 Å². The van der Waals surface area contributed by atoms with Crippen molar-refractivity contribution in [3.63, 3.8) is 0 Å². The van der Waals surface area contributed by atoms with Crippen molar-refractivity contribution in [2.45, 2.75) is 32.4 Å². The van der Waals surface area contributed by atoms with Gasteiger partial charge in [-0.3, -0.25) is 4.79 Å². The fourth-order valence-electron chi connectivity index (χ4n) is 2.33. The SMILES string of the molecule is CC(NC(=O)C1CCNCC1)C(=O)OCc1ccccc1.